The molecule has 1 heterocycles. The molecule has 2 rings (SSSR count). The molecular formula is C18H25ClN2O5S. The molecule has 1 saturated heterocycles. The van der Waals surface area contributed by atoms with Crippen LogP contribution in [-0.2, 0) is 19.6 Å². The van der Waals surface area contributed by atoms with E-state index in [9.17, 15) is 18.0 Å². The molecule has 0 aromatic heterocycles. The van der Waals surface area contributed by atoms with E-state index in [2.05, 4.69) is 0 Å². The monoisotopic (exact) mass is 416 g/mol. The van der Waals surface area contributed by atoms with Crippen molar-refractivity contribution in [2.45, 2.75) is 38.0 Å². The number of hydrogen-bond donors (Lipinski definition) is 0. The number of nitrogens with zero attached hydrogens (tertiary/aromatic N) is 2. The van der Waals surface area contributed by atoms with Crippen molar-refractivity contribution in [3.63, 3.8) is 0 Å². The summed E-state index contributed by atoms with van der Waals surface area (Å²) in [7, 11) is -3.70. The molecule has 1 aromatic rings. The fourth-order valence-corrected chi connectivity index (χ4v) is 4.69. The second-order valence-corrected chi connectivity index (χ2v) is 8.59. The minimum Gasteiger partial charge on any atom is -0.452 e. The fourth-order valence-electron chi connectivity index (χ4n) is 2.95. The van der Waals surface area contributed by atoms with Crippen LogP contribution in [0.3, 0.4) is 0 Å². The largest absolute Gasteiger partial charge is 0.452 e. The van der Waals surface area contributed by atoms with Crippen molar-refractivity contribution < 1.29 is 22.7 Å². The third-order valence-corrected chi connectivity index (χ3v) is 6.78. The van der Waals surface area contributed by atoms with Crippen LogP contribution in [0.4, 0.5) is 0 Å². The highest BCUT2D eigenvalue weighted by molar-refractivity contribution is 7.89. The Labute approximate surface area is 165 Å². The first-order valence-corrected chi connectivity index (χ1v) is 10.9. The molecule has 7 nitrogen and oxygen atoms in total. The maximum absolute atomic E-state index is 12.8. The van der Waals surface area contributed by atoms with E-state index in [-0.39, 0.29) is 21.4 Å². The first-order chi connectivity index (χ1) is 12.8. The van der Waals surface area contributed by atoms with Gasteiger partial charge in [0.15, 0.2) is 6.61 Å². The van der Waals surface area contributed by atoms with Crippen LogP contribution in [0.25, 0.3) is 0 Å². The Kier molecular flexibility index (Phi) is 7.64. The lowest BCUT2D eigenvalue weighted by Crippen LogP contribution is -2.35. The summed E-state index contributed by atoms with van der Waals surface area (Å²) in [6.07, 6.45) is 2.63. The van der Waals surface area contributed by atoms with Crippen molar-refractivity contribution in [3.05, 3.63) is 28.8 Å². The lowest BCUT2D eigenvalue weighted by Gasteiger charge is -2.26. The molecule has 0 unspecified atom stereocenters. The Morgan fingerprint density at radius 3 is 2.37 bits per heavy atom. The molecule has 0 N–H and O–H groups in total. The van der Waals surface area contributed by atoms with E-state index in [0.717, 1.165) is 19.3 Å². The van der Waals surface area contributed by atoms with Gasteiger partial charge in [-0.05, 0) is 44.9 Å². The number of sulfonamides is 1. The Balaban J connectivity index is 2.16. The summed E-state index contributed by atoms with van der Waals surface area (Å²) in [6.45, 7) is 5.19. The lowest BCUT2D eigenvalue weighted by atomic mass is 10.2. The topological polar surface area (TPSA) is 84.0 Å². The van der Waals surface area contributed by atoms with E-state index in [0.29, 0.717) is 26.2 Å². The van der Waals surface area contributed by atoms with Crippen molar-refractivity contribution >= 4 is 33.5 Å². The smallest absolute Gasteiger partial charge is 0.340 e. The first kappa shape index (κ1) is 21.7. The van der Waals surface area contributed by atoms with Crippen molar-refractivity contribution in [3.8, 4) is 0 Å². The average Bonchev–Trinajstić information content (AvgIpc) is 2.68. The Hall–Kier alpha value is -1.64. The van der Waals surface area contributed by atoms with Crippen molar-refractivity contribution in [1.29, 1.82) is 0 Å². The van der Waals surface area contributed by atoms with E-state index in [1.165, 1.54) is 27.4 Å². The lowest BCUT2D eigenvalue weighted by molar-refractivity contribution is -0.134. The van der Waals surface area contributed by atoms with E-state index in [4.69, 9.17) is 16.3 Å². The summed E-state index contributed by atoms with van der Waals surface area (Å²) in [5.41, 5.74) is -0.0675. The standard InChI is InChI=1S/C18H25ClN2O5S/c1-3-20(4-2)17(22)13-26-18(23)15-12-14(8-9-16(15)19)27(24,25)21-10-6-5-7-11-21/h8-9,12H,3-7,10-11,13H2,1-2H3. The molecule has 0 radical (unpaired) electrons. The zero-order chi connectivity index (χ0) is 20.0. The van der Waals surface area contributed by atoms with Crippen LogP contribution < -0.4 is 0 Å². The number of carbonyl (C=O) groups is 2. The van der Waals surface area contributed by atoms with Gasteiger partial charge in [0.1, 0.15) is 0 Å². The number of carbonyl (C=O) groups excluding carboxylic acids is 2. The summed E-state index contributed by atoms with van der Waals surface area (Å²) < 4.78 is 32.0. The molecule has 1 fully saturated rings. The van der Waals surface area contributed by atoms with Gasteiger partial charge < -0.3 is 9.64 Å². The van der Waals surface area contributed by atoms with Gasteiger partial charge in [-0.1, -0.05) is 18.0 Å². The number of amides is 1. The molecule has 0 saturated carbocycles. The third-order valence-electron chi connectivity index (χ3n) is 4.55. The van der Waals surface area contributed by atoms with Crippen LogP contribution in [0, 0.1) is 0 Å². The number of ether oxygens (including phenoxy) is 1. The Bertz CT molecular complexity index is 787. The van der Waals surface area contributed by atoms with Gasteiger partial charge in [-0.2, -0.15) is 4.31 Å². The highest BCUT2D eigenvalue weighted by Crippen LogP contribution is 2.25. The van der Waals surface area contributed by atoms with Crippen LogP contribution in [0.1, 0.15) is 43.5 Å². The molecule has 0 spiro atoms. The fraction of sp³-hybridized carbons (Fsp3) is 0.556. The molecule has 0 atom stereocenters. The normalized spacial score (nSPS) is 15.4. The van der Waals surface area contributed by atoms with Gasteiger partial charge in [-0.3, -0.25) is 4.79 Å². The quantitative estimate of drug-likeness (QED) is 0.638. The minimum atomic E-state index is -3.70. The van der Waals surface area contributed by atoms with E-state index >= 15 is 0 Å². The van der Waals surface area contributed by atoms with Gasteiger partial charge in [-0.25, -0.2) is 13.2 Å². The maximum Gasteiger partial charge on any atom is 0.340 e. The van der Waals surface area contributed by atoms with Crippen LogP contribution in [0.15, 0.2) is 23.1 Å². The zero-order valence-corrected chi connectivity index (χ0v) is 17.2. The van der Waals surface area contributed by atoms with E-state index in [1.807, 2.05) is 13.8 Å². The van der Waals surface area contributed by atoms with E-state index in [1.54, 1.807) is 0 Å². The molecule has 1 aliphatic rings. The predicted octanol–water partition coefficient (Wildman–Crippen LogP) is 2.54. The Morgan fingerprint density at radius 2 is 1.78 bits per heavy atom. The molecule has 1 amide bonds. The molecule has 1 aromatic carbocycles. The summed E-state index contributed by atoms with van der Waals surface area (Å²) >= 11 is 6.05. The van der Waals surface area contributed by atoms with Crippen molar-refractivity contribution in [2.24, 2.45) is 0 Å². The molecule has 27 heavy (non-hydrogen) atoms. The first-order valence-electron chi connectivity index (χ1n) is 9.05. The third kappa shape index (κ3) is 5.21. The van der Waals surface area contributed by atoms with Gasteiger partial charge in [0.2, 0.25) is 10.0 Å². The summed E-state index contributed by atoms with van der Waals surface area (Å²) in [5, 5.41) is 0.0767. The Morgan fingerprint density at radius 1 is 1.15 bits per heavy atom. The van der Waals surface area contributed by atoms with Gasteiger partial charge >= 0.3 is 5.97 Å². The number of esters is 1. The number of piperidine rings is 1. The summed E-state index contributed by atoms with van der Waals surface area (Å²) in [4.78, 5) is 25.8. The van der Waals surface area contributed by atoms with Crippen LogP contribution >= 0.6 is 11.6 Å². The van der Waals surface area contributed by atoms with Gasteiger partial charge in [0, 0.05) is 26.2 Å². The maximum atomic E-state index is 12.8. The number of hydrogen-bond acceptors (Lipinski definition) is 5. The molecule has 1 aliphatic heterocycles. The minimum absolute atomic E-state index is 0.00387. The van der Waals surface area contributed by atoms with E-state index < -0.39 is 22.6 Å². The zero-order valence-electron chi connectivity index (χ0n) is 15.6. The molecule has 9 heteroatoms. The van der Waals surface area contributed by atoms with Crippen LogP contribution in [0.2, 0.25) is 5.02 Å². The molecule has 150 valence electrons. The highest BCUT2D eigenvalue weighted by Gasteiger charge is 2.27. The van der Waals surface area contributed by atoms with Crippen LogP contribution in [-0.4, -0.2) is 62.3 Å². The van der Waals surface area contributed by atoms with Gasteiger partial charge in [-0.15, -0.1) is 0 Å². The molecule has 0 aliphatic carbocycles. The number of rotatable bonds is 7. The summed E-state index contributed by atoms with van der Waals surface area (Å²) in [6, 6.07) is 3.96. The highest BCUT2D eigenvalue weighted by atomic mass is 35.5. The second kappa shape index (κ2) is 9.52. The van der Waals surface area contributed by atoms with Gasteiger partial charge in [0.05, 0.1) is 15.5 Å². The number of benzene rings is 1. The van der Waals surface area contributed by atoms with Crippen LogP contribution in [0.5, 0.6) is 0 Å². The number of likely N-dealkylation sites (N-methyl/N-ethyl adjacent to an activating group) is 1. The molecular weight excluding hydrogens is 392 g/mol. The van der Waals surface area contributed by atoms with Crippen molar-refractivity contribution in [2.75, 3.05) is 32.8 Å². The van der Waals surface area contributed by atoms with Crippen molar-refractivity contribution in [1.82, 2.24) is 9.21 Å². The SMILES string of the molecule is CCN(CC)C(=O)COC(=O)c1cc(S(=O)(=O)N2CCCCC2)ccc1Cl. The average molecular weight is 417 g/mol. The number of halogens is 1. The predicted molar refractivity (Wildman–Crippen MR) is 102 cm³/mol. The van der Waals surface area contributed by atoms with Gasteiger partial charge in [0.25, 0.3) is 5.91 Å². The molecule has 0 bridgehead atoms. The summed E-state index contributed by atoms with van der Waals surface area (Å²) in [5.74, 6) is -1.14. The second-order valence-electron chi connectivity index (χ2n) is 6.25.